The molecule has 1 aliphatic rings. The summed E-state index contributed by atoms with van der Waals surface area (Å²) in [6, 6.07) is 16.5. The first-order chi connectivity index (χ1) is 14.2. The van der Waals surface area contributed by atoms with Crippen LogP contribution in [-0.2, 0) is 6.54 Å². The first kappa shape index (κ1) is 19.7. The zero-order chi connectivity index (χ0) is 20.1. The number of nitrogens with zero attached hydrogens (tertiary/aromatic N) is 2. The van der Waals surface area contributed by atoms with E-state index in [1.807, 2.05) is 37.3 Å². The molecular weight excluding hydrogens is 384 g/mol. The summed E-state index contributed by atoms with van der Waals surface area (Å²) in [6.45, 7) is 5.47. The van der Waals surface area contributed by atoms with E-state index in [0.717, 1.165) is 48.4 Å². The van der Waals surface area contributed by atoms with Crippen LogP contribution in [0.2, 0.25) is 0 Å². The van der Waals surface area contributed by atoms with Crippen LogP contribution in [0, 0.1) is 0 Å². The molecule has 1 fully saturated rings. The lowest BCUT2D eigenvalue weighted by Gasteiger charge is -2.32. The molecule has 0 atom stereocenters. The van der Waals surface area contributed by atoms with Crippen LogP contribution in [0.5, 0.6) is 10.9 Å². The van der Waals surface area contributed by atoms with Crippen molar-refractivity contribution in [3.8, 4) is 10.9 Å². The highest BCUT2D eigenvalue weighted by molar-refractivity contribution is 7.20. The molecule has 7 heteroatoms. The lowest BCUT2D eigenvalue weighted by molar-refractivity contribution is 0.187. The van der Waals surface area contributed by atoms with Crippen LogP contribution in [0.3, 0.4) is 0 Å². The van der Waals surface area contributed by atoms with Crippen LogP contribution in [0.15, 0.2) is 48.5 Å². The van der Waals surface area contributed by atoms with Gasteiger partial charge in [0.25, 0.3) is 5.19 Å². The summed E-state index contributed by atoms with van der Waals surface area (Å²) in [6.07, 6.45) is 1.96. The van der Waals surface area contributed by atoms with Crippen molar-refractivity contribution in [2.45, 2.75) is 32.4 Å². The van der Waals surface area contributed by atoms with Gasteiger partial charge in [-0.15, -0.1) is 0 Å². The van der Waals surface area contributed by atoms with Crippen molar-refractivity contribution < 1.29 is 9.53 Å². The maximum Gasteiger partial charge on any atom is 0.314 e. The average Bonchev–Trinajstić information content (AvgIpc) is 3.13. The number of para-hydroxylation sites is 1. The summed E-state index contributed by atoms with van der Waals surface area (Å²) in [7, 11) is 0. The molecular formula is C22H26N4O2S. The summed E-state index contributed by atoms with van der Waals surface area (Å²) in [5.41, 5.74) is 2.23. The number of ether oxygens (including phenoxy) is 1. The number of carbonyl (C=O) groups is 1. The van der Waals surface area contributed by atoms with Crippen molar-refractivity contribution in [2.75, 3.05) is 19.6 Å². The maximum absolute atomic E-state index is 11.6. The number of urea groups is 1. The van der Waals surface area contributed by atoms with Crippen molar-refractivity contribution in [1.82, 2.24) is 20.5 Å². The van der Waals surface area contributed by atoms with E-state index in [2.05, 4.69) is 38.7 Å². The van der Waals surface area contributed by atoms with Gasteiger partial charge in [-0.2, -0.15) is 0 Å². The Balaban J connectivity index is 1.27. The Morgan fingerprint density at radius 3 is 2.66 bits per heavy atom. The topological polar surface area (TPSA) is 66.5 Å². The van der Waals surface area contributed by atoms with Gasteiger partial charge in [-0.1, -0.05) is 35.6 Å². The second-order valence-corrected chi connectivity index (χ2v) is 8.24. The largest absolute Gasteiger partial charge is 0.431 e. The fraction of sp³-hybridized carbons (Fsp3) is 0.364. The lowest BCUT2D eigenvalue weighted by Crippen LogP contribution is -2.47. The van der Waals surface area contributed by atoms with Crippen LogP contribution in [0.1, 0.15) is 25.3 Å². The third-order valence-corrected chi connectivity index (χ3v) is 5.98. The van der Waals surface area contributed by atoms with E-state index in [1.54, 1.807) is 11.3 Å². The molecule has 29 heavy (non-hydrogen) atoms. The van der Waals surface area contributed by atoms with Crippen molar-refractivity contribution in [3.63, 3.8) is 0 Å². The Bertz CT molecular complexity index is 916. The summed E-state index contributed by atoms with van der Waals surface area (Å²) in [5, 5.41) is 6.51. The Labute approximate surface area is 174 Å². The molecule has 0 bridgehead atoms. The van der Waals surface area contributed by atoms with Gasteiger partial charge in [0.1, 0.15) is 5.75 Å². The number of aromatic nitrogens is 1. The van der Waals surface area contributed by atoms with Gasteiger partial charge in [-0.3, -0.25) is 4.90 Å². The zero-order valence-electron chi connectivity index (χ0n) is 16.6. The standard InChI is InChI=1S/C22H26N4O2S/c1-2-23-21(27)24-17-11-13-26(14-12-17)15-16-7-9-18(10-8-16)28-22-25-19-5-3-4-6-20(19)29-22/h3-10,17H,2,11-15H2,1H3,(H2,23,24,27). The maximum atomic E-state index is 11.6. The van der Waals surface area contributed by atoms with E-state index >= 15 is 0 Å². The number of rotatable bonds is 6. The monoisotopic (exact) mass is 410 g/mol. The Kier molecular flexibility index (Phi) is 6.27. The minimum absolute atomic E-state index is 0.0605. The van der Waals surface area contributed by atoms with Crippen molar-refractivity contribution in [3.05, 3.63) is 54.1 Å². The molecule has 152 valence electrons. The number of hydrogen-bond donors (Lipinski definition) is 2. The number of benzene rings is 2. The van der Waals surface area contributed by atoms with E-state index < -0.39 is 0 Å². The smallest absolute Gasteiger partial charge is 0.314 e. The molecule has 0 aliphatic carbocycles. The molecule has 3 aromatic rings. The van der Waals surface area contributed by atoms with Gasteiger partial charge >= 0.3 is 6.03 Å². The van der Waals surface area contributed by atoms with E-state index in [-0.39, 0.29) is 12.1 Å². The number of thiazole rings is 1. The summed E-state index contributed by atoms with van der Waals surface area (Å²) < 4.78 is 7.06. The normalized spacial score (nSPS) is 15.3. The molecule has 1 aliphatic heterocycles. The molecule has 0 spiro atoms. The number of carbonyl (C=O) groups excluding carboxylic acids is 1. The highest BCUT2D eigenvalue weighted by atomic mass is 32.1. The first-order valence-corrected chi connectivity index (χ1v) is 10.9. The molecule has 0 unspecified atom stereocenters. The summed E-state index contributed by atoms with van der Waals surface area (Å²) in [4.78, 5) is 18.6. The van der Waals surface area contributed by atoms with E-state index in [4.69, 9.17) is 4.74 Å². The molecule has 2 N–H and O–H groups in total. The van der Waals surface area contributed by atoms with Crippen LogP contribution >= 0.6 is 11.3 Å². The zero-order valence-corrected chi connectivity index (χ0v) is 17.4. The van der Waals surface area contributed by atoms with Crippen LogP contribution < -0.4 is 15.4 Å². The summed E-state index contributed by atoms with van der Waals surface area (Å²) in [5.74, 6) is 0.803. The highest BCUT2D eigenvalue weighted by Gasteiger charge is 2.20. The molecule has 0 radical (unpaired) electrons. The number of hydrogen-bond acceptors (Lipinski definition) is 5. The predicted octanol–water partition coefficient (Wildman–Crippen LogP) is 4.37. The quantitative estimate of drug-likeness (QED) is 0.633. The lowest BCUT2D eigenvalue weighted by atomic mass is 10.0. The SMILES string of the molecule is CCNC(=O)NC1CCN(Cc2ccc(Oc3nc4ccccc4s3)cc2)CC1. The Morgan fingerprint density at radius 1 is 1.17 bits per heavy atom. The Hall–Kier alpha value is -2.64. The van der Waals surface area contributed by atoms with Crippen molar-refractivity contribution in [1.29, 1.82) is 0 Å². The van der Waals surface area contributed by atoms with Crippen LogP contribution in [0.25, 0.3) is 10.2 Å². The van der Waals surface area contributed by atoms with Gasteiger partial charge in [0.2, 0.25) is 0 Å². The predicted molar refractivity (Wildman–Crippen MR) is 117 cm³/mol. The van der Waals surface area contributed by atoms with E-state index in [9.17, 15) is 4.79 Å². The number of likely N-dealkylation sites (tertiary alicyclic amines) is 1. The second kappa shape index (κ2) is 9.24. The molecule has 4 rings (SSSR count). The van der Waals surface area contributed by atoms with Gasteiger partial charge in [0.15, 0.2) is 0 Å². The minimum atomic E-state index is -0.0605. The molecule has 2 heterocycles. The number of piperidine rings is 1. The van der Waals surface area contributed by atoms with Gasteiger partial charge < -0.3 is 15.4 Å². The second-order valence-electron chi connectivity index (χ2n) is 7.25. The molecule has 1 aromatic heterocycles. The molecule has 0 saturated carbocycles. The number of fused-ring (bicyclic) bond motifs is 1. The molecule has 1 saturated heterocycles. The molecule has 2 amide bonds. The van der Waals surface area contributed by atoms with Crippen LogP contribution in [0.4, 0.5) is 4.79 Å². The average molecular weight is 411 g/mol. The fourth-order valence-electron chi connectivity index (χ4n) is 3.55. The van der Waals surface area contributed by atoms with E-state index in [0.29, 0.717) is 11.7 Å². The molecule has 2 aromatic carbocycles. The van der Waals surface area contributed by atoms with Gasteiger partial charge in [0.05, 0.1) is 10.2 Å². The first-order valence-electron chi connectivity index (χ1n) is 10.1. The van der Waals surface area contributed by atoms with Crippen molar-refractivity contribution in [2.24, 2.45) is 0 Å². The van der Waals surface area contributed by atoms with Gasteiger partial charge in [-0.05, 0) is 49.6 Å². The van der Waals surface area contributed by atoms with Gasteiger partial charge in [-0.25, -0.2) is 9.78 Å². The Morgan fingerprint density at radius 2 is 1.93 bits per heavy atom. The number of nitrogens with one attached hydrogen (secondary N) is 2. The van der Waals surface area contributed by atoms with Crippen molar-refractivity contribution >= 4 is 27.6 Å². The highest BCUT2D eigenvalue weighted by Crippen LogP contribution is 2.31. The third-order valence-electron chi connectivity index (χ3n) is 5.07. The third kappa shape index (κ3) is 5.25. The number of amides is 2. The minimum Gasteiger partial charge on any atom is -0.431 e. The van der Waals surface area contributed by atoms with Gasteiger partial charge in [0, 0.05) is 32.2 Å². The van der Waals surface area contributed by atoms with Crippen LogP contribution in [-0.4, -0.2) is 41.6 Å². The fourth-order valence-corrected chi connectivity index (χ4v) is 4.38. The van der Waals surface area contributed by atoms with E-state index in [1.165, 1.54) is 5.56 Å². The molecule has 6 nitrogen and oxygen atoms in total. The summed E-state index contributed by atoms with van der Waals surface area (Å²) >= 11 is 1.56.